The van der Waals surface area contributed by atoms with Gasteiger partial charge < -0.3 is 42.3 Å². The highest BCUT2D eigenvalue weighted by Gasteiger charge is 2.44. The van der Waals surface area contributed by atoms with E-state index < -0.39 is 135 Å². The van der Waals surface area contributed by atoms with Gasteiger partial charge in [-0.15, -0.1) is 0 Å². The van der Waals surface area contributed by atoms with Crippen molar-refractivity contribution in [2.75, 3.05) is 19.6 Å². The van der Waals surface area contributed by atoms with Gasteiger partial charge in [-0.2, -0.15) is 119 Å². The first-order chi connectivity index (χ1) is 49.2. The molecule has 2 aromatic heterocycles. The lowest BCUT2D eigenvalue weighted by molar-refractivity contribution is -0.144. The minimum Gasteiger partial charge on any atom is -0.381 e. The van der Waals surface area contributed by atoms with E-state index >= 15 is 0 Å². The van der Waals surface area contributed by atoms with Gasteiger partial charge in [-0.25, -0.2) is 9.97 Å². The van der Waals surface area contributed by atoms with Gasteiger partial charge in [0, 0.05) is 43.9 Å². The minimum atomic E-state index is -4.96. The number of hydrogen-bond acceptors (Lipinski definition) is 9. The third kappa shape index (κ3) is 23.8. The van der Waals surface area contributed by atoms with Crippen molar-refractivity contribution >= 4 is 45.3 Å². The molecule has 11 rings (SSSR count). The molecule has 1 saturated carbocycles. The number of imidazole rings is 2. The van der Waals surface area contributed by atoms with Crippen LogP contribution in [0.1, 0.15) is 142 Å². The molecule has 4 aliphatic rings. The van der Waals surface area contributed by atoms with E-state index in [0.717, 1.165) is 63.3 Å². The number of halogens is 27. The Labute approximate surface area is 589 Å². The molecule has 40 heteroatoms. The van der Waals surface area contributed by atoms with Gasteiger partial charge in [0.2, 0.25) is 11.8 Å². The lowest BCUT2D eigenvalue weighted by Gasteiger charge is -2.24. The van der Waals surface area contributed by atoms with Crippen molar-refractivity contribution in [3.8, 4) is 0 Å². The quantitative estimate of drug-likeness (QED) is 0.0523. The summed E-state index contributed by atoms with van der Waals surface area (Å²) >= 11 is 0. The zero-order valence-electron chi connectivity index (χ0n) is 55.6. The zero-order chi connectivity index (χ0) is 80.0. The van der Waals surface area contributed by atoms with E-state index in [2.05, 4.69) is 58.1 Å². The monoisotopic (exact) mass is 1570 g/mol. The molecule has 5 aromatic carbocycles. The number of aromatic amines is 2. The van der Waals surface area contributed by atoms with Crippen molar-refractivity contribution in [2.45, 2.75) is 165 Å². The largest absolute Gasteiger partial charge is 0.418 e. The van der Waals surface area contributed by atoms with Crippen molar-refractivity contribution in [1.29, 1.82) is 0 Å². The fraction of sp³-hybridized carbons (Fsp3) is 0.448. The Hall–Kier alpha value is -8.82. The van der Waals surface area contributed by atoms with Crippen LogP contribution in [0.2, 0.25) is 0 Å². The number of carbonyl (C=O) groups excluding carboxylic acids is 2. The number of nitrogens with two attached hydrogens (primary N) is 1. The molecule has 13 nitrogen and oxygen atoms in total. The van der Waals surface area contributed by atoms with Gasteiger partial charge in [-0.05, 0) is 141 Å². The van der Waals surface area contributed by atoms with Crippen molar-refractivity contribution in [2.24, 2.45) is 16.6 Å². The van der Waals surface area contributed by atoms with Crippen LogP contribution in [0, 0.1) is 12.8 Å². The lowest BCUT2D eigenvalue weighted by atomic mass is 9.81. The molecule has 1 unspecified atom stereocenters. The van der Waals surface area contributed by atoms with Crippen LogP contribution in [0.3, 0.4) is 0 Å². The number of aryl methyl sites for hydroxylation is 2. The molecule has 3 aliphatic heterocycles. The van der Waals surface area contributed by atoms with E-state index in [9.17, 15) is 128 Å². The summed E-state index contributed by atoms with van der Waals surface area (Å²) in [6.45, 7) is 8.02. The topological polar surface area (TPSA) is 190 Å². The Balaban J connectivity index is 0.000000187. The third-order valence-corrected chi connectivity index (χ3v) is 16.7. The van der Waals surface area contributed by atoms with E-state index in [4.69, 9.17) is 5.73 Å². The molecule has 2 atom stereocenters. The smallest absolute Gasteiger partial charge is 0.381 e. The summed E-state index contributed by atoms with van der Waals surface area (Å²) in [6, 6.07) is 6.76. The Morgan fingerprint density at radius 1 is 0.467 bits per heavy atom. The van der Waals surface area contributed by atoms with Crippen LogP contribution in [0.4, 0.5) is 124 Å². The number of nitrogens with one attached hydrogen (secondary N) is 7. The molecule has 5 heterocycles. The molecule has 2 saturated heterocycles. The second-order valence-corrected chi connectivity index (χ2v) is 24.9. The fourth-order valence-corrected chi connectivity index (χ4v) is 11.2. The van der Waals surface area contributed by atoms with Crippen molar-refractivity contribution in [3.63, 3.8) is 0 Å². The highest BCUT2D eigenvalue weighted by Crippen LogP contribution is 2.47. The third-order valence-electron chi connectivity index (χ3n) is 16.7. The Bertz CT molecular complexity index is 4260. The molecule has 9 N–H and O–H groups in total. The van der Waals surface area contributed by atoms with Crippen molar-refractivity contribution in [1.82, 2.24) is 46.5 Å². The molecule has 0 radical (unpaired) electrons. The number of aromatic nitrogens is 4. The zero-order valence-corrected chi connectivity index (χ0v) is 55.6. The standard InChI is InChI=1S/C15H13F6N.C14H14F6N2O.C14H17F3N2O.C13H12F6N4.C11H8F6N2/c16-14(17,18)10-5-9-6-11(4-8-2-1-3-8)22-13(9)12(7-10)15(19,20)21;15-13(16,17)9-4-8(5-10(6-9)14(18,19)20)7-22-12(23)11-2-1-3-21-11;1-9-5-10(7-11(6-9)14(15,16)17)8-19-13(20)12-3-2-4-18-12;1-6(4-20)21-5-10-22-9-3-7(12(14,15)16)2-8(11(9)23-10)13(17,18)19;1-2-8-18-7-4-5(10(12,13)14)3-6(9(7)19-8)11(15,16)17/h5,7-8H,1-4,6H2;4-6,11,21H,1-3,7H2,(H,22,23);5-7,12,18H,2-4,8H2,1H3,(H,19,20);2-3,21H,1,4-5,20H2,(H,22,23);3-4H,2H2,1H3,(H,18,19)/t;;12-;;/m..1../s1. The summed E-state index contributed by atoms with van der Waals surface area (Å²) in [5.41, 5.74) is -6.56. The summed E-state index contributed by atoms with van der Waals surface area (Å²) in [7, 11) is 0. The van der Waals surface area contributed by atoms with E-state index in [1.54, 1.807) is 19.9 Å². The number of alkyl halides is 27. The molecular weight excluding hydrogens is 1500 g/mol. The SMILES string of the molecule is C=C(CN)NCc1nc2c(C(F)(F)F)cc(C(F)(F)F)cc2[nH]1.CCc1nc2c(C(F)(F)F)cc(C(F)(F)F)cc2[nH]1.Cc1cc(CNC(=O)[C@H]2CCCN2)cc(C(F)(F)F)c1.FC(F)(F)c1cc2c(c(C(F)(F)F)c1)N=C(CC1CCC1)C2.O=C(NCc1cc(C(F)(F)F)cc(C(F)(F)F)c1)C1CCCN1. The number of hydrogen-bond donors (Lipinski definition) is 8. The molecule has 2 amide bonds. The molecule has 1 aliphatic carbocycles. The number of rotatable bonds is 13. The second-order valence-electron chi connectivity index (χ2n) is 24.9. The van der Waals surface area contributed by atoms with Crippen molar-refractivity contribution < 1.29 is 128 Å². The van der Waals surface area contributed by atoms with Crippen LogP contribution < -0.4 is 32.3 Å². The summed E-state index contributed by atoms with van der Waals surface area (Å²) in [5, 5.41) is 13.7. The first-order valence-corrected chi connectivity index (χ1v) is 32.0. The predicted octanol–water partition coefficient (Wildman–Crippen LogP) is 18.3. The van der Waals surface area contributed by atoms with Crippen LogP contribution in [0.5, 0.6) is 0 Å². The Morgan fingerprint density at radius 3 is 1.24 bits per heavy atom. The summed E-state index contributed by atoms with van der Waals surface area (Å²) in [4.78, 5) is 39.8. The van der Waals surface area contributed by atoms with E-state index in [1.165, 1.54) is 0 Å². The van der Waals surface area contributed by atoms with E-state index in [1.807, 2.05) is 0 Å². The number of nitrogens with zero attached hydrogens (tertiary/aromatic N) is 3. The van der Waals surface area contributed by atoms with Gasteiger partial charge in [0.25, 0.3) is 0 Å². The summed E-state index contributed by atoms with van der Waals surface area (Å²) in [6.07, 6.45) is -36.2. The minimum absolute atomic E-state index is 0.0245. The predicted molar refractivity (Wildman–Crippen MR) is 334 cm³/mol. The normalized spacial score (nSPS) is 16.6. The van der Waals surface area contributed by atoms with Crippen LogP contribution in [0.25, 0.3) is 22.1 Å². The first kappa shape index (κ1) is 85.4. The molecule has 588 valence electrons. The van der Waals surface area contributed by atoms with Gasteiger partial charge >= 0.3 is 55.6 Å². The maximum absolute atomic E-state index is 13.0. The maximum atomic E-state index is 13.0. The Morgan fingerprint density at radius 2 is 0.860 bits per heavy atom. The number of carbonyl (C=O) groups is 2. The molecule has 3 fully saturated rings. The average Bonchev–Trinajstić information content (AvgIpc) is 0.939. The second kappa shape index (κ2) is 33.4. The number of amides is 2. The number of benzene rings is 5. The van der Waals surface area contributed by atoms with Gasteiger partial charge in [-0.1, -0.05) is 44.4 Å². The van der Waals surface area contributed by atoms with Crippen molar-refractivity contribution in [3.05, 3.63) is 169 Å². The Kier molecular flexibility index (Phi) is 26.6. The number of fused-ring (bicyclic) bond motifs is 3. The van der Waals surface area contributed by atoms with Crippen LogP contribution in [-0.2, 0) is 97.7 Å². The molecule has 0 spiro atoms. The first-order valence-electron chi connectivity index (χ1n) is 32.0. The van der Waals surface area contributed by atoms with Crippen LogP contribution >= 0.6 is 0 Å². The lowest BCUT2D eigenvalue weighted by Crippen LogP contribution is -2.40. The van der Waals surface area contributed by atoms with Gasteiger partial charge in [-0.3, -0.25) is 14.6 Å². The summed E-state index contributed by atoms with van der Waals surface area (Å²) < 4.78 is 345. The average molecular weight is 1570 g/mol. The summed E-state index contributed by atoms with van der Waals surface area (Å²) in [5.74, 6) is 0.0646. The number of H-pyrrole nitrogens is 2. The van der Waals surface area contributed by atoms with E-state index in [-0.39, 0.29) is 102 Å². The van der Waals surface area contributed by atoms with Gasteiger partial charge in [0.05, 0.1) is 85.4 Å². The number of aliphatic imine (C=N–C) groups is 1. The van der Waals surface area contributed by atoms with Crippen LogP contribution in [-0.4, -0.2) is 69.2 Å². The molecule has 107 heavy (non-hydrogen) atoms. The molecule has 7 aromatic rings. The highest BCUT2D eigenvalue weighted by molar-refractivity contribution is 5.95. The van der Waals surface area contributed by atoms with E-state index in [0.29, 0.717) is 78.5 Å². The highest BCUT2D eigenvalue weighted by atomic mass is 19.4. The van der Waals surface area contributed by atoms with Crippen LogP contribution in [0.15, 0.2) is 90.1 Å². The fourth-order valence-electron chi connectivity index (χ4n) is 11.2. The van der Waals surface area contributed by atoms with Gasteiger partial charge in [0.1, 0.15) is 22.7 Å². The molecular formula is C67H64F27N11O2. The van der Waals surface area contributed by atoms with Gasteiger partial charge in [0.15, 0.2) is 0 Å². The molecule has 0 bridgehead atoms. The maximum Gasteiger partial charge on any atom is 0.418 e.